The molecule has 5 heteroatoms. The smallest absolute Gasteiger partial charge is 0.257 e. The van der Waals surface area contributed by atoms with Crippen molar-refractivity contribution in [2.45, 2.75) is 50.1 Å². The molecule has 5 rings (SSSR count). The van der Waals surface area contributed by atoms with E-state index in [0.29, 0.717) is 23.9 Å². The number of fused-ring (bicyclic) bond motifs is 1. The Balaban J connectivity index is 1.36. The van der Waals surface area contributed by atoms with E-state index in [-0.39, 0.29) is 5.91 Å². The molecule has 1 amide bonds. The van der Waals surface area contributed by atoms with Gasteiger partial charge in [0.15, 0.2) is 0 Å². The van der Waals surface area contributed by atoms with Crippen molar-refractivity contribution in [1.29, 1.82) is 0 Å². The quantitative estimate of drug-likeness (QED) is 0.910. The lowest BCUT2D eigenvalue weighted by Gasteiger charge is -2.24. The van der Waals surface area contributed by atoms with Gasteiger partial charge in [0, 0.05) is 31.2 Å². The molecule has 27 heavy (non-hydrogen) atoms. The van der Waals surface area contributed by atoms with E-state index in [2.05, 4.69) is 45.6 Å². The van der Waals surface area contributed by atoms with Crippen LogP contribution in [0, 0.1) is 5.92 Å². The second-order valence-corrected chi connectivity index (χ2v) is 8.35. The summed E-state index contributed by atoms with van der Waals surface area (Å²) in [5, 5.41) is 7.95. The molecule has 1 aliphatic carbocycles. The first kappa shape index (κ1) is 17.0. The summed E-state index contributed by atoms with van der Waals surface area (Å²) in [6, 6.07) is 11.5. The van der Waals surface area contributed by atoms with Gasteiger partial charge < -0.3 is 10.2 Å². The number of carbonyl (C=O) groups excluding carboxylic acids is 1. The molecular formula is C22H28N4O. The van der Waals surface area contributed by atoms with Gasteiger partial charge in [-0.3, -0.25) is 9.48 Å². The van der Waals surface area contributed by atoms with Crippen molar-refractivity contribution in [1.82, 2.24) is 20.0 Å². The third kappa shape index (κ3) is 3.08. The van der Waals surface area contributed by atoms with Gasteiger partial charge in [0.25, 0.3) is 5.91 Å². The Labute approximate surface area is 160 Å². The third-order valence-corrected chi connectivity index (χ3v) is 6.82. The Bertz CT molecular complexity index is 796. The highest BCUT2D eigenvalue weighted by atomic mass is 16.2. The normalized spacial score (nSPS) is 30.4. The van der Waals surface area contributed by atoms with Crippen molar-refractivity contribution >= 4 is 5.91 Å². The van der Waals surface area contributed by atoms with E-state index in [0.717, 1.165) is 38.0 Å². The lowest BCUT2D eigenvalue weighted by atomic mass is 9.87. The molecule has 0 radical (unpaired) electrons. The zero-order chi connectivity index (χ0) is 18.2. The zero-order valence-electron chi connectivity index (χ0n) is 15.8. The van der Waals surface area contributed by atoms with Crippen LogP contribution < -0.4 is 5.32 Å². The number of nitrogens with one attached hydrogen (secondary N) is 1. The molecule has 142 valence electrons. The van der Waals surface area contributed by atoms with Crippen LogP contribution in [-0.2, 0) is 0 Å². The number of aromatic nitrogens is 2. The summed E-state index contributed by atoms with van der Waals surface area (Å²) < 4.78 is 2.00. The number of hydrogen-bond donors (Lipinski definition) is 1. The van der Waals surface area contributed by atoms with Crippen LogP contribution in [0.25, 0.3) is 0 Å². The number of rotatable bonds is 3. The van der Waals surface area contributed by atoms with E-state index in [4.69, 9.17) is 0 Å². The monoisotopic (exact) mass is 364 g/mol. The molecule has 3 aliphatic rings. The van der Waals surface area contributed by atoms with E-state index in [1.54, 1.807) is 6.20 Å². The van der Waals surface area contributed by atoms with E-state index in [1.807, 2.05) is 10.9 Å². The number of benzene rings is 1. The Morgan fingerprint density at radius 2 is 2.00 bits per heavy atom. The summed E-state index contributed by atoms with van der Waals surface area (Å²) in [6.07, 6.45) is 9.66. The predicted octanol–water partition coefficient (Wildman–Crippen LogP) is 3.22. The number of likely N-dealkylation sites (tertiary alicyclic amines) is 1. The lowest BCUT2D eigenvalue weighted by Crippen LogP contribution is -2.36. The molecule has 2 aromatic rings. The van der Waals surface area contributed by atoms with Crippen LogP contribution >= 0.6 is 0 Å². The van der Waals surface area contributed by atoms with Crippen LogP contribution in [0.2, 0.25) is 0 Å². The number of amides is 1. The third-order valence-electron chi connectivity index (χ3n) is 6.82. The number of nitrogens with zero attached hydrogens (tertiary/aromatic N) is 3. The average Bonchev–Trinajstić information content (AvgIpc) is 3.45. The number of carbonyl (C=O) groups is 1. The molecular weight excluding hydrogens is 336 g/mol. The molecule has 0 spiro atoms. The van der Waals surface area contributed by atoms with Crippen molar-refractivity contribution in [2.75, 3.05) is 19.6 Å². The van der Waals surface area contributed by atoms with Crippen molar-refractivity contribution in [3.05, 3.63) is 53.9 Å². The number of piperidine rings is 1. The molecule has 4 unspecified atom stereocenters. The molecule has 1 aromatic heterocycles. The van der Waals surface area contributed by atoms with Crippen LogP contribution in [0.5, 0.6) is 0 Å². The van der Waals surface area contributed by atoms with Crippen molar-refractivity contribution in [3.8, 4) is 0 Å². The predicted molar refractivity (Wildman–Crippen MR) is 105 cm³/mol. The summed E-state index contributed by atoms with van der Waals surface area (Å²) in [5.41, 5.74) is 2.13. The van der Waals surface area contributed by atoms with Crippen LogP contribution in [0.4, 0.5) is 0 Å². The summed E-state index contributed by atoms with van der Waals surface area (Å²) >= 11 is 0. The molecule has 1 saturated carbocycles. The van der Waals surface area contributed by atoms with Gasteiger partial charge in [-0.15, -0.1) is 0 Å². The maximum absolute atomic E-state index is 13.3. The Morgan fingerprint density at radius 1 is 1.11 bits per heavy atom. The van der Waals surface area contributed by atoms with Gasteiger partial charge in [-0.2, -0.15) is 5.10 Å². The zero-order valence-corrected chi connectivity index (χ0v) is 15.8. The van der Waals surface area contributed by atoms with Crippen LogP contribution in [-0.4, -0.2) is 46.3 Å². The van der Waals surface area contributed by atoms with Crippen LogP contribution in [0.15, 0.2) is 42.7 Å². The van der Waals surface area contributed by atoms with Gasteiger partial charge in [-0.25, -0.2) is 0 Å². The first-order valence-corrected chi connectivity index (χ1v) is 10.4. The first-order valence-electron chi connectivity index (χ1n) is 10.4. The van der Waals surface area contributed by atoms with Crippen LogP contribution in [0.1, 0.15) is 60.0 Å². The van der Waals surface area contributed by atoms with Gasteiger partial charge in [0.2, 0.25) is 0 Å². The maximum atomic E-state index is 13.3. The second-order valence-electron chi connectivity index (χ2n) is 8.35. The highest BCUT2D eigenvalue weighted by Crippen LogP contribution is 2.46. The van der Waals surface area contributed by atoms with Gasteiger partial charge in [-0.05, 0) is 43.7 Å². The van der Waals surface area contributed by atoms with Crippen molar-refractivity contribution in [3.63, 3.8) is 0 Å². The minimum Gasteiger partial charge on any atom is -0.335 e. The summed E-state index contributed by atoms with van der Waals surface area (Å²) in [7, 11) is 0. The standard InChI is InChI=1S/C22H28N4O/c27-22(17-12-24-26(14-17)18-8-5-11-23-13-18)25-15-20(16-6-2-1-3-7-16)19-9-4-10-21(19)25/h1-3,6-7,12,14,18-21,23H,4-5,8-11,13,15H2. The minimum absolute atomic E-state index is 0.167. The summed E-state index contributed by atoms with van der Waals surface area (Å²) in [6.45, 7) is 2.87. The average molecular weight is 364 g/mol. The lowest BCUT2D eigenvalue weighted by molar-refractivity contribution is 0.0728. The van der Waals surface area contributed by atoms with E-state index in [9.17, 15) is 4.79 Å². The Hall–Kier alpha value is -2.14. The summed E-state index contributed by atoms with van der Waals surface area (Å²) in [5.74, 6) is 1.24. The largest absolute Gasteiger partial charge is 0.335 e. The van der Waals surface area contributed by atoms with Gasteiger partial charge in [-0.1, -0.05) is 36.8 Å². The first-order chi connectivity index (χ1) is 13.3. The van der Waals surface area contributed by atoms with Gasteiger partial charge >= 0.3 is 0 Å². The molecule has 1 N–H and O–H groups in total. The van der Waals surface area contributed by atoms with Crippen molar-refractivity contribution in [2.24, 2.45) is 5.92 Å². The molecule has 3 fully saturated rings. The topological polar surface area (TPSA) is 50.2 Å². The number of hydrogen-bond acceptors (Lipinski definition) is 3. The SMILES string of the molecule is O=C(c1cnn(C2CCCNC2)c1)N1CC(c2ccccc2)C2CCCC21. The van der Waals surface area contributed by atoms with Crippen molar-refractivity contribution < 1.29 is 4.79 Å². The van der Waals surface area contributed by atoms with Crippen LogP contribution in [0.3, 0.4) is 0 Å². The van der Waals surface area contributed by atoms with E-state index < -0.39 is 0 Å². The summed E-state index contributed by atoms with van der Waals surface area (Å²) in [4.78, 5) is 15.5. The molecule has 2 saturated heterocycles. The molecule has 2 aliphatic heterocycles. The highest BCUT2D eigenvalue weighted by molar-refractivity contribution is 5.94. The molecule has 3 heterocycles. The fourth-order valence-electron chi connectivity index (χ4n) is 5.47. The molecule has 0 bridgehead atoms. The molecule has 1 aromatic carbocycles. The van der Waals surface area contributed by atoms with E-state index >= 15 is 0 Å². The minimum atomic E-state index is 0.167. The fourth-order valence-corrected chi connectivity index (χ4v) is 5.47. The van der Waals surface area contributed by atoms with Gasteiger partial charge in [0.05, 0.1) is 17.8 Å². The van der Waals surface area contributed by atoms with Gasteiger partial charge in [0.1, 0.15) is 0 Å². The Morgan fingerprint density at radius 3 is 2.81 bits per heavy atom. The second kappa shape index (κ2) is 7.12. The maximum Gasteiger partial charge on any atom is 0.257 e. The highest BCUT2D eigenvalue weighted by Gasteiger charge is 2.46. The Kier molecular flexibility index (Phi) is 4.48. The fraction of sp³-hybridized carbons (Fsp3) is 0.545. The van der Waals surface area contributed by atoms with E-state index in [1.165, 1.54) is 24.8 Å². The molecule has 5 nitrogen and oxygen atoms in total. The molecule has 4 atom stereocenters.